The second kappa shape index (κ2) is 24.0. The molecule has 0 amide bonds. The maximum absolute atomic E-state index is 10.1. The van der Waals surface area contributed by atoms with E-state index in [2.05, 4.69) is 16.0 Å². The zero-order valence-corrected chi connectivity index (χ0v) is 22.6. The number of aliphatic hydroxyl groups is 9. The molecule has 0 aromatic carbocycles. The molecule has 0 aromatic heterocycles. The summed E-state index contributed by atoms with van der Waals surface area (Å²) in [6.07, 6.45) is 0. The van der Waals surface area contributed by atoms with E-state index in [0.717, 1.165) is 0 Å². The van der Waals surface area contributed by atoms with E-state index in [1.807, 2.05) is 0 Å². The van der Waals surface area contributed by atoms with Gasteiger partial charge in [0.05, 0.1) is 95.7 Å². The van der Waals surface area contributed by atoms with Gasteiger partial charge in [0.2, 0.25) is 0 Å². The Bertz CT molecular complexity index is 497. The van der Waals surface area contributed by atoms with Gasteiger partial charge in [0.15, 0.2) is 0 Å². The third kappa shape index (κ3) is 19.6. The summed E-state index contributed by atoms with van der Waals surface area (Å²) >= 11 is 0. The molecule has 0 bridgehead atoms. The summed E-state index contributed by atoms with van der Waals surface area (Å²) in [6.45, 7) is -5.93. The summed E-state index contributed by atoms with van der Waals surface area (Å²) < 4.78 is 0. The summed E-state index contributed by atoms with van der Waals surface area (Å²) in [5.41, 5.74) is -3.92. The Hall–Kier alpha value is -1.07. The molecular formula is C18H39N3NaO15. The van der Waals surface area contributed by atoms with E-state index >= 15 is 0 Å². The molecule has 1 radical (unpaired) electrons. The largest absolute Gasteiger partial charge is 0.480 e. The predicted octanol–water partition coefficient (Wildman–Crippen LogP) is -8.25. The van der Waals surface area contributed by atoms with Crippen molar-refractivity contribution in [3.05, 3.63) is 0 Å². The van der Waals surface area contributed by atoms with Crippen LogP contribution in [0.5, 0.6) is 0 Å². The number of rotatable bonds is 18. The van der Waals surface area contributed by atoms with Crippen molar-refractivity contribution in [2.45, 2.75) is 16.6 Å². The molecule has 0 aromatic rings. The molecular weight excluding hydrogens is 521 g/mol. The molecule has 15 N–H and O–H groups in total. The number of nitrogens with one attached hydrogen (secondary N) is 3. The second-order valence-corrected chi connectivity index (χ2v) is 7.51. The van der Waals surface area contributed by atoms with Gasteiger partial charge in [0.25, 0.3) is 0 Å². The van der Waals surface area contributed by atoms with Crippen LogP contribution in [0.3, 0.4) is 0 Å². The molecule has 0 unspecified atom stereocenters. The average Bonchev–Trinajstić information content (AvgIpc) is 2.88. The molecule has 0 saturated heterocycles. The zero-order valence-electron chi connectivity index (χ0n) is 20.6. The number of aliphatic carboxylic acids is 3. The van der Waals surface area contributed by atoms with Crippen molar-refractivity contribution >= 4 is 47.5 Å². The second-order valence-electron chi connectivity index (χ2n) is 7.51. The number of carbonyl (C=O) groups is 3. The minimum absolute atomic E-state index is 0. The summed E-state index contributed by atoms with van der Waals surface area (Å²) in [6, 6.07) is 0. The van der Waals surface area contributed by atoms with E-state index < -0.39 is 114 Å². The molecule has 217 valence electrons. The first-order valence-corrected chi connectivity index (χ1v) is 10.2. The smallest absolute Gasteiger partial charge is 0.317 e. The van der Waals surface area contributed by atoms with Crippen molar-refractivity contribution < 1.29 is 75.7 Å². The molecule has 0 saturated carbocycles. The van der Waals surface area contributed by atoms with Gasteiger partial charge in [-0.25, -0.2) is 0 Å². The SMILES string of the molecule is O=C(O)CNC(CO)(CO)CO.O=C(O)CNC(CO)(CO)CO.O=C(O)CNC(CO)(CO)CO.[Na]. The minimum Gasteiger partial charge on any atom is -0.480 e. The van der Waals surface area contributed by atoms with Crippen LogP contribution in [0.25, 0.3) is 0 Å². The fourth-order valence-electron chi connectivity index (χ4n) is 1.74. The third-order valence-electron chi connectivity index (χ3n) is 4.57. The van der Waals surface area contributed by atoms with Gasteiger partial charge < -0.3 is 61.3 Å². The maximum Gasteiger partial charge on any atom is 0.317 e. The summed E-state index contributed by atoms with van der Waals surface area (Å²) in [4.78, 5) is 30.3. The Labute approximate surface area is 234 Å². The molecule has 0 aliphatic rings. The Kier molecular flexibility index (Phi) is 27.9. The van der Waals surface area contributed by atoms with Crippen LogP contribution in [0.4, 0.5) is 0 Å². The van der Waals surface area contributed by atoms with Gasteiger partial charge in [-0.3, -0.25) is 30.3 Å². The maximum atomic E-state index is 10.1. The van der Waals surface area contributed by atoms with E-state index in [0.29, 0.717) is 0 Å². The molecule has 0 fully saturated rings. The fraction of sp³-hybridized carbons (Fsp3) is 0.833. The first-order valence-electron chi connectivity index (χ1n) is 10.2. The molecule has 37 heavy (non-hydrogen) atoms. The first kappa shape index (κ1) is 43.0. The van der Waals surface area contributed by atoms with E-state index in [1.54, 1.807) is 0 Å². The van der Waals surface area contributed by atoms with E-state index in [9.17, 15) is 14.4 Å². The van der Waals surface area contributed by atoms with Crippen LogP contribution in [-0.2, 0) is 14.4 Å². The van der Waals surface area contributed by atoms with Crippen LogP contribution < -0.4 is 16.0 Å². The van der Waals surface area contributed by atoms with Crippen LogP contribution >= 0.6 is 0 Å². The van der Waals surface area contributed by atoms with E-state index in [-0.39, 0.29) is 29.6 Å². The van der Waals surface area contributed by atoms with E-state index in [4.69, 9.17) is 61.3 Å². The van der Waals surface area contributed by atoms with Crippen molar-refractivity contribution in [3.8, 4) is 0 Å². The third-order valence-corrected chi connectivity index (χ3v) is 4.57. The quantitative estimate of drug-likeness (QED) is 0.0691. The van der Waals surface area contributed by atoms with Gasteiger partial charge >= 0.3 is 17.9 Å². The topological polar surface area (TPSA) is 330 Å². The van der Waals surface area contributed by atoms with Crippen molar-refractivity contribution in [2.24, 2.45) is 0 Å². The Morgan fingerprint density at radius 2 is 0.541 bits per heavy atom. The molecule has 0 spiro atoms. The number of hydrogen-bond acceptors (Lipinski definition) is 15. The van der Waals surface area contributed by atoms with Gasteiger partial charge in [0.1, 0.15) is 0 Å². The minimum atomic E-state index is -1.31. The first-order chi connectivity index (χ1) is 16.8. The van der Waals surface area contributed by atoms with E-state index in [1.165, 1.54) is 0 Å². The summed E-state index contributed by atoms with van der Waals surface area (Å²) in [5.74, 6) is -3.35. The summed E-state index contributed by atoms with van der Waals surface area (Å²) in [7, 11) is 0. The molecule has 0 aliphatic carbocycles. The number of hydrogen-bond donors (Lipinski definition) is 15. The van der Waals surface area contributed by atoms with Gasteiger partial charge in [-0.05, 0) is 0 Å². The molecule has 0 aliphatic heterocycles. The monoisotopic (exact) mass is 560 g/mol. The zero-order chi connectivity index (χ0) is 28.8. The van der Waals surface area contributed by atoms with Crippen molar-refractivity contribution in [3.63, 3.8) is 0 Å². The number of carboxylic acids is 3. The Balaban J connectivity index is -0.000000218. The van der Waals surface area contributed by atoms with Crippen LogP contribution in [0.2, 0.25) is 0 Å². The molecule has 0 heterocycles. The predicted molar refractivity (Wildman–Crippen MR) is 125 cm³/mol. The van der Waals surface area contributed by atoms with Crippen molar-refractivity contribution in [1.82, 2.24) is 16.0 Å². The molecule has 19 heteroatoms. The van der Waals surface area contributed by atoms with Crippen LogP contribution in [0.15, 0.2) is 0 Å². The van der Waals surface area contributed by atoms with Crippen molar-refractivity contribution in [2.75, 3.05) is 79.1 Å². The van der Waals surface area contributed by atoms with Crippen LogP contribution in [0, 0.1) is 0 Å². The van der Waals surface area contributed by atoms with Crippen LogP contribution in [0.1, 0.15) is 0 Å². The van der Waals surface area contributed by atoms with Crippen LogP contribution in [-0.4, -0.2) is 204 Å². The Morgan fingerprint density at radius 1 is 0.405 bits per heavy atom. The normalized spacial score (nSPS) is 11.3. The summed E-state index contributed by atoms with van der Waals surface area (Å²) in [5, 5.41) is 110. The molecule has 0 atom stereocenters. The fourth-order valence-corrected chi connectivity index (χ4v) is 1.74. The van der Waals surface area contributed by atoms with Gasteiger partial charge in [0, 0.05) is 29.6 Å². The van der Waals surface area contributed by atoms with Gasteiger partial charge in [-0.15, -0.1) is 0 Å². The average molecular weight is 561 g/mol. The standard InChI is InChI=1S/3C6H13NO5.Na/c3*8-2-6(3-9,4-10)7-1-5(11)12;/h3*7-10H,1-4H2,(H,11,12);. The van der Waals surface area contributed by atoms with Gasteiger partial charge in [-0.1, -0.05) is 0 Å². The Morgan fingerprint density at radius 3 is 0.622 bits per heavy atom. The van der Waals surface area contributed by atoms with Crippen molar-refractivity contribution in [1.29, 1.82) is 0 Å². The number of carboxylic acid groups (broad SMARTS) is 3. The number of aliphatic hydroxyl groups excluding tert-OH is 9. The molecule has 18 nitrogen and oxygen atoms in total. The van der Waals surface area contributed by atoms with Gasteiger partial charge in [-0.2, -0.15) is 0 Å². The molecule has 0 rings (SSSR count).